The number of nitrogens with one attached hydrogen (secondary N) is 1. The van der Waals surface area contributed by atoms with Crippen molar-refractivity contribution in [1.82, 2.24) is 14.5 Å². The Morgan fingerprint density at radius 2 is 1.96 bits per heavy atom. The molecule has 6 heteroatoms. The molecule has 24 heavy (non-hydrogen) atoms. The van der Waals surface area contributed by atoms with E-state index < -0.39 is 0 Å². The van der Waals surface area contributed by atoms with Gasteiger partial charge in [-0.25, -0.2) is 9.71 Å². The molecule has 0 aliphatic heterocycles. The average Bonchev–Trinajstić information content (AvgIpc) is 3.11. The molecule has 120 valence electrons. The van der Waals surface area contributed by atoms with Gasteiger partial charge in [0.05, 0.1) is 16.6 Å². The fraction of sp³-hybridized carbons (Fsp3) is 0.111. The van der Waals surface area contributed by atoms with Gasteiger partial charge in [0.1, 0.15) is 28.6 Å². The van der Waals surface area contributed by atoms with Crippen molar-refractivity contribution in [2.45, 2.75) is 13.8 Å². The summed E-state index contributed by atoms with van der Waals surface area (Å²) in [7, 11) is 0. The van der Waals surface area contributed by atoms with Crippen LogP contribution >= 0.6 is 0 Å². The number of nitrogens with zero attached hydrogens (tertiary/aromatic N) is 3. The number of hydrogen-bond donors (Lipinski definition) is 2. The average molecular weight is 320 g/mol. The lowest BCUT2D eigenvalue weighted by molar-refractivity contribution is -0.611. The number of para-hydroxylation sites is 2. The molecule has 2 aromatic carbocycles. The van der Waals surface area contributed by atoms with Crippen LogP contribution < -0.4 is 4.73 Å². The van der Waals surface area contributed by atoms with Crippen LogP contribution in [0.4, 0.5) is 0 Å². The highest BCUT2D eigenvalue weighted by Gasteiger charge is 2.17. The van der Waals surface area contributed by atoms with Gasteiger partial charge in [0.25, 0.3) is 6.33 Å². The summed E-state index contributed by atoms with van der Waals surface area (Å²) in [6, 6.07) is 13.0. The van der Waals surface area contributed by atoms with E-state index >= 15 is 0 Å². The van der Waals surface area contributed by atoms with Crippen molar-refractivity contribution in [3.05, 3.63) is 65.4 Å². The van der Waals surface area contributed by atoms with Crippen molar-refractivity contribution in [2.24, 2.45) is 0 Å². The van der Waals surface area contributed by atoms with Crippen LogP contribution in [0.5, 0.6) is 5.75 Å². The van der Waals surface area contributed by atoms with Crippen LogP contribution in [0.15, 0.2) is 48.8 Å². The van der Waals surface area contributed by atoms with Gasteiger partial charge in [-0.15, -0.1) is 0 Å². The van der Waals surface area contributed by atoms with Gasteiger partial charge in [-0.2, -0.15) is 4.57 Å². The topological polar surface area (TPSA) is 80.8 Å². The molecular formula is C18H16N4O2. The summed E-state index contributed by atoms with van der Waals surface area (Å²) in [4.78, 5) is 7.71. The molecule has 0 spiro atoms. The summed E-state index contributed by atoms with van der Waals surface area (Å²) in [5, 5.41) is 22.2. The van der Waals surface area contributed by atoms with E-state index in [0.717, 1.165) is 27.1 Å². The predicted octanol–water partition coefficient (Wildman–Crippen LogP) is 2.98. The van der Waals surface area contributed by atoms with Gasteiger partial charge in [0, 0.05) is 19.9 Å². The molecule has 0 aliphatic carbocycles. The third-order valence-electron chi connectivity index (χ3n) is 4.34. The summed E-state index contributed by atoms with van der Waals surface area (Å²) in [6.07, 6.45) is 1.46. The highest BCUT2D eigenvalue weighted by Crippen LogP contribution is 2.31. The third-order valence-corrected chi connectivity index (χ3v) is 4.34. The van der Waals surface area contributed by atoms with Crippen LogP contribution in [0.1, 0.15) is 11.4 Å². The molecule has 0 amide bonds. The van der Waals surface area contributed by atoms with Crippen LogP contribution in [0.25, 0.3) is 28.1 Å². The van der Waals surface area contributed by atoms with E-state index in [2.05, 4.69) is 9.97 Å². The van der Waals surface area contributed by atoms with Crippen LogP contribution in [-0.2, 0) is 0 Å². The molecule has 0 saturated heterocycles. The standard InChI is InChI=1S/C18H16N4O2/c1-11-12(2)22(24)10-21(11)13-7-8-14(17(23)9-13)18-19-15-5-3-4-6-16(15)20-18/h3-10,23H,1-2H3,(H,19,20). The van der Waals surface area contributed by atoms with Gasteiger partial charge >= 0.3 is 0 Å². The van der Waals surface area contributed by atoms with E-state index in [9.17, 15) is 10.3 Å². The molecule has 0 atom stereocenters. The third kappa shape index (κ3) is 2.11. The Labute approximate surface area is 138 Å². The molecule has 0 saturated carbocycles. The summed E-state index contributed by atoms with van der Waals surface area (Å²) in [6.45, 7) is 3.63. The van der Waals surface area contributed by atoms with Crippen LogP contribution in [0, 0.1) is 19.1 Å². The predicted molar refractivity (Wildman–Crippen MR) is 91.0 cm³/mol. The van der Waals surface area contributed by atoms with Gasteiger partial charge < -0.3 is 15.3 Å². The number of hydrogen-bond acceptors (Lipinski definition) is 3. The molecule has 0 fully saturated rings. The molecule has 6 nitrogen and oxygen atoms in total. The summed E-state index contributed by atoms with van der Waals surface area (Å²) >= 11 is 0. The lowest BCUT2D eigenvalue weighted by Gasteiger charge is -2.04. The van der Waals surface area contributed by atoms with Gasteiger partial charge in [-0.1, -0.05) is 12.1 Å². The first-order valence-corrected chi connectivity index (χ1v) is 7.61. The maximum atomic E-state index is 11.7. The minimum absolute atomic E-state index is 0.106. The van der Waals surface area contributed by atoms with Crippen LogP contribution in [0.3, 0.4) is 0 Å². The zero-order chi connectivity index (χ0) is 16.8. The van der Waals surface area contributed by atoms with E-state index in [0.29, 0.717) is 17.1 Å². The van der Waals surface area contributed by atoms with E-state index in [1.807, 2.05) is 37.3 Å². The van der Waals surface area contributed by atoms with Crippen molar-refractivity contribution < 1.29 is 9.84 Å². The second-order valence-electron chi connectivity index (χ2n) is 5.79. The highest BCUT2D eigenvalue weighted by atomic mass is 16.5. The quantitative estimate of drug-likeness (QED) is 0.440. The molecule has 2 aromatic heterocycles. The molecule has 0 aliphatic rings. The normalized spacial score (nSPS) is 11.2. The number of aromatic amines is 1. The molecule has 0 bridgehead atoms. The second-order valence-corrected chi connectivity index (χ2v) is 5.79. The second kappa shape index (κ2) is 5.13. The van der Waals surface area contributed by atoms with Gasteiger partial charge in [0.15, 0.2) is 0 Å². The smallest absolute Gasteiger partial charge is 0.252 e. The Morgan fingerprint density at radius 1 is 1.17 bits per heavy atom. The minimum Gasteiger partial charge on any atom is -0.711 e. The number of phenolic OH excluding ortho intramolecular Hbond substituents is 1. The van der Waals surface area contributed by atoms with E-state index in [4.69, 9.17) is 0 Å². The highest BCUT2D eigenvalue weighted by molar-refractivity contribution is 5.80. The minimum atomic E-state index is 0.106. The first-order chi connectivity index (χ1) is 11.5. The first-order valence-electron chi connectivity index (χ1n) is 7.61. The van der Waals surface area contributed by atoms with Crippen molar-refractivity contribution in [3.8, 4) is 22.8 Å². The number of aromatic hydroxyl groups is 1. The monoisotopic (exact) mass is 320 g/mol. The summed E-state index contributed by atoms with van der Waals surface area (Å²) in [5.74, 6) is 0.717. The Bertz CT molecular complexity index is 1030. The van der Waals surface area contributed by atoms with E-state index in [1.54, 1.807) is 23.6 Å². The number of phenols is 1. The lowest BCUT2D eigenvalue weighted by Crippen LogP contribution is -2.26. The molecule has 2 heterocycles. The number of benzene rings is 2. The molecule has 4 rings (SSSR count). The number of aromatic nitrogens is 4. The lowest BCUT2D eigenvalue weighted by atomic mass is 10.1. The Kier molecular flexibility index (Phi) is 3.06. The zero-order valence-corrected chi connectivity index (χ0v) is 13.3. The van der Waals surface area contributed by atoms with Crippen molar-refractivity contribution >= 4 is 11.0 Å². The van der Waals surface area contributed by atoms with Crippen molar-refractivity contribution in [1.29, 1.82) is 0 Å². The molecule has 2 N–H and O–H groups in total. The molecule has 0 radical (unpaired) electrons. The maximum Gasteiger partial charge on any atom is 0.252 e. The van der Waals surface area contributed by atoms with Gasteiger partial charge in [-0.3, -0.25) is 0 Å². The van der Waals surface area contributed by atoms with Crippen LogP contribution in [-0.4, -0.2) is 19.6 Å². The number of H-pyrrole nitrogens is 1. The van der Waals surface area contributed by atoms with Crippen LogP contribution in [0.2, 0.25) is 0 Å². The molecular weight excluding hydrogens is 304 g/mol. The van der Waals surface area contributed by atoms with E-state index in [-0.39, 0.29) is 5.75 Å². The number of fused-ring (bicyclic) bond motifs is 1. The van der Waals surface area contributed by atoms with E-state index in [1.165, 1.54) is 6.33 Å². The van der Waals surface area contributed by atoms with Crippen molar-refractivity contribution in [2.75, 3.05) is 0 Å². The number of imidazole rings is 2. The Hall–Kier alpha value is -3.28. The Morgan fingerprint density at radius 3 is 2.62 bits per heavy atom. The largest absolute Gasteiger partial charge is 0.711 e. The summed E-state index contributed by atoms with van der Waals surface area (Å²) < 4.78 is 2.57. The fourth-order valence-electron chi connectivity index (χ4n) is 2.82. The fourth-order valence-corrected chi connectivity index (χ4v) is 2.82. The summed E-state index contributed by atoms with van der Waals surface area (Å²) in [5.41, 5.74) is 4.58. The van der Waals surface area contributed by atoms with Gasteiger partial charge in [0.2, 0.25) is 0 Å². The van der Waals surface area contributed by atoms with Gasteiger partial charge in [-0.05, 0) is 24.3 Å². The Balaban J connectivity index is 1.80. The first kappa shape index (κ1) is 14.3. The maximum absolute atomic E-state index is 11.7. The zero-order valence-electron chi connectivity index (χ0n) is 13.3. The number of rotatable bonds is 2. The molecule has 0 unspecified atom stereocenters. The molecule has 4 aromatic rings. The SMILES string of the molecule is Cc1c(C)[n+]([O-])cn1-c1ccc(-c2nc3ccccc3[nH]2)c(O)c1. The van der Waals surface area contributed by atoms with Crippen molar-refractivity contribution in [3.63, 3.8) is 0 Å².